The van der Waals surface area contributed by atoms with Gasteiger partial charge < -0.3 is 120 Å². The smallest absolute Gasteiger partial charge is 0.305 e. The summed E-state index contributed by atoms with van der Waals surface area (Å²) < 4.78 is 18.1. The molecule has 0 spiro atoms. The van der Waals surface area contributed by atoms with Crippen LogP contribution in [-0.4, -0.2) is 300 Å². The van der Waals surface area contributed by atoms with Crippen LogP contribution in [0.25, 0.3) is 21.8 Å². The molecule has 4 bridgehead atoms. The molecule has 734 valence electrons. The largest absolute Gasteiger partial charge is 0.481 e. The van der Waals surface area contributed by atoms with Gasteiger partial charge in [-0.25, -0.2) is 4.39 Å². The van der Waals surface area contributed by atoms with E-state index in [0.29, 0.717) is 32.9 Å². The van der Waals surface area contributed by atoms with E-state index in [0.717, 1.165) is 48.3 Å². The van der Waals surface area contributed by atoms with Crippen molar-refractivity contribution in [1.29, 1.82) is 5.41 Å². The van der Waals surface area contributed by atoms with Gasteiger partial charge in [0, 0.05) is 162 Å². The first-order valence-electron chi connectivity index (χ1n) is 43.5. The summed E-state index contributed by atoms with van der Waals surface area (Å²) in [6, 6.07) is -1.55. The number of fused-ring (bicyclic) bond motifs is 9. The standard InChI is InChI=1S/C87H119ClFN23O20S3/c1-47(113)96-64-42-134-30-26-72(118)111-44-110-45-112(46-111)73(119)27-31-135-43-65(106-82(129)61(36-74(120)121)103-78(125)56(21-23-68(90)114)99-83(130)62(37-87(2,3)4)104-81(128)60(35-50-40-109(8)67-18-12-10-15-52(50)67)101-77(124)57(100-84(64)131)22-24-69(91)115)85(132)102-59(34-49-39-108(7)66-17-11-9-14-51(49)66)80(127)98-55(16-13-28-94-86(93)107(5)6)76(123)95-38-70(116)97-58(33-48-19-20-54(89)53(88)32-48)79(126)105-63(75(92)122)41-133-29-25-71(110)117/h9-12,14-15,17-20,32,39-40,55-65H,13,16,21-31,33-38,41-46H2,1-8H3,(H2,90,114)(H2,91,115)(H2,92,122)(H2,93,94)(H,95,123)(H,96,113)(H,97,116)(H,98,127)(H,99,130)(H,100,131)(H,101,124)(H,102,132)(H,103,125)(H,104,128)(H,105,126)(H,106,129)(H,120,121)/t55-,56-,57-,58-,59-,60-,61-,62-,63-,64-,65-/m0/s1. The van der Waals surface area contributed by atoms with Gasteiger partial charge in [0.15, 0.2) is 5.96 Å². The zero-order valence-corrected chi connectivity index (χ0v) is 79.3. The van der Waals surface area contributed by atoms with Gasteiger partial charge in [-0.2, -0.15) is 35.3 Å². The number of benzene rings is 3. The molecule has 0 saturated carbocycles. The van der Waals surface area contributed by atoms with Crippen LogP contribution >= 0.6 is 46.9 Å². The number of guanidine groups is 1. The van der Waals surface area contributed by atoms with Gasteiger partial charge in [-0.3, -0.25) is 96.5 Å². The fourth-order valence-electron chi connectivity index (χ4n) is 15.0. The Morgan fingerprint density at radius 1 is 0.541 bits per heavy atom. The third kappa shape index (κ3) is 33.7. The first-order valence-corrected chi connectivity index (χ1v) is 47.4. The summed E-state index contributed by atoms with van der Waals surface area (Å²) in [6.45, 7) is 4.02. The van der Waals surface area contributed by atoms with Crippen molar-refractivity contribution in [3.05, 3.63) is 107 Å². The van der Waals surface area contributed by atoms with Crippen LogP contribution in [0.1, 0.15) is 115 Å². The Morgan fingerprint density at radius 2 is 0.978 bits per heavy atom. The molecule has 0 aliphatic carbocycles. The molecule has 5 aromatic rings. The van der Waals surface area contributed by atoms with Crippen LogP contribution in [0.3, 0.4) is 0 Å². The van der Waals surface area contributed by atoms with Crippen LogP contribution in [0.2, 0.25) is 5.02 Å². The van der Waals surface area contributed by atoms with E-state index in [-0.39, 0.29) is 96.8 Å². The summed E-state index contributed by atoms with van der Waals surface area (Å²) in [7, 11) is 6.62. The lowest BCUT2D eigenvalue weighted by Gasteiger charge is -2.42. The van der Waals surface area contributed by atoms with Crippen molar-refractivity contribution in [2.75, 3.05) is 81.7 Å². The van der Waals surface area contributed by atoms with E-state index in [9.17, 15) is 67.0 Å². The highest BCUT2D eigenvalue weighted by Crippen LogP contribution is 2.28. The Hall–Kier alpha value is -12.8. The number of nitrogens with zero attached hydrogens (tertiary/aromatic N) is 6. The fraction of sp³-hybridized carbons (Fsp3) is 0.517. The highest BCUT2D eigenvalue weighted by Gasteiger charge is 2.41. The van der Waals surface area contributed by atoms with Crippen molar-refractivity contribution in [2.45, 2.75) is 184 Å². The summed E-state index contributed by atoms with van der Waals surface area (Å²) in [5, 5.41) is 53.4. The number of amides is 18. The van der Waals surface area contributed by atoms with Gasteiger partial charge in [0.2, 0.25) is 106 Å². The first kappa shape index (κ1) is 108. The van der Waals surface area contributed by atoms with Gasteiger partial charge in [0.1, 0.15) is 72.3 Å². The van der Waals surface area contributed by atoms with Gasteiger partial charge in [0.05, 0.1) is 38.0 Å². The number of carboxylic acids is 1. The molecule has 43 nitrogen and oxygen atoms in total. The zero-order chi connectivity index (χ0) is 99.2. The number of aliphatic carboxylic acids is 1. The molecule has 21 N–H and O–H groups in total. The molecule has 135 heavy (non-hydrogen) atoms. The van der Waals surface area contributed by atoms with Crippen molar-refractivity contribution in [3.63, 3.8) is 0 Å². The molecular weight excluding hydrogens is 1840 g/mol. The minimum Gasteiger partial charge on any atom is -0.481 e. The van der Waals surface area contributed by atoms with E-state index in [1.165, 1.54) is 31.7 Å². The number of carboxylic acid groups (broad SMARTS) is 1. The molecule has 3 saturated heterocycles. The molecule has 8 rings (SSSR count). The summed E-state index contributed by atoms with van der Waals surface area (Å²) in [5.41, 5.74) is 18.7. The van der Waals surface area contributed by atoms with Crippen LogP contribution in [0.15, 0.2) is 79.1 Å². The second-order valence-electron chi connectivity index (χ2n) is 34.4. The minimum absolute atomic E-state index is 0.0264. The van der Waals surface area contributed by atoms with Crippen molar-refractivity contribution in [3.8, 4) is 0 Å². The number of aromatic nitrogens is 2. The highest BCUT2D eigenvalue weighted by atomic mass is 35.5. The molecular formula is C87H119ClFN23O20S3. The van der Waals surface area contributed by atoms with Crippen molar-refractivity contribution >= 4 is 187 Å². The SMILES string of the molecule is CC(=O)N[C@H]1CSCCC(=O)N2CN3CN(C2)C(=O)CCSC[C@H](NC(=O)[C@H](CC(=O)O)NC(=O)[C@H](CCC(N)=O)NC(=O)[C@H](CC(C)(C)C)NC(=O)[C@H](Cc2cn(C)c4ccccc24)NC(=O)[C@H](CCC(N)=O)NC1=O)C(=O)N[C@@H](Cc1cn(C)c2ccccc12)C(=O)N[C@@H](CCCNC(=N)N(C)C)C(=O)NCC(=O)N[C@@H](Cc1ccc(F)c(Cl)c1)C(=O)N[C@H](C(N)=O)CSCCC3=O. The molecule has 3 aliphatic rings. The number of nitrogens with two attached hydrogens (primary N) is 3. The molecule has 0 unspecified atom stereocenters. The number of hydrogen-bond acceptors (Lipinski definition) is 23. The second-order valence-corrected chi connectivity index (χ2v) is 38.2. The number of carbonyl (C=O) groups is 19. The molecule has 5 heterocycles. The zero-order valence-electron chi connectivity index (χ0n) is 76.1. The number of primary amides is 3. The third-order valence-corrected chi connectivity index (χ3v) is 25.5. The van der Waals surface area contributed by atoms with Gasteiger partial charge in [-0.15, -0.1) is 0 Å². The van der Waals surface area contributed by atoms with E-state index >= 15 is 33.6 Å². The van der Waals surface area contributed by atoms with E-state index < -0.39 is 267 Å². The van der Waals surface area contributed by atoms with Gasteiger partial charge in [-0.05, 0) is 78.5 Å². The van der Waals surface area contributed by atoms with Crippen LogP contribution in [-0.2, 0) is 124 Å². The lowest BCUT2D eigenvalue weighted by atomic mass is 9.87. The fourth-order valence-corrected chi connectivity index (χ4v) is 18.1. The summed E-state index contributed by atoms with van der Waals surface area (Å²) in [5.74, 6) is -22.0. The van der Waals surface area contributed by atoms with Crippen molar-refractivity contribution in [1.82, 2.24) is 97.9 Å². The molecule has 3 fully saturated rings. The average molecular weight is 1960 g/mol. The predicted molar refractivity (Wildman–Crippen MR) is 500 cm³/mol. The van der Waals surface area contributed by atoms with Crippen LogP contribution < -0.4 is 86.3 Å². The van der Waals surface area contributed by atoms with E-state index in [4.69, 9.17) is 34.2 Å². The first-order chi connectivity index (χ1) is 63.8. The van der Waals surface area contributed by atoms with Crippen molar-refractivity contribution in [2.24, 2.45) is 36.7 Å². The summed E-state index contributed by atoms with van der Waals surface area (Å²) in [6.07, 6.45) is -2.88. The van der Waals surface area contributed by atoms with Crippen molar-refractivity contribution < 1.29 is 101 Å². The quantitative estimate of drug-likeness (QED) is 0.0205. The van der Waals surface area contributed by atoms with E-state index in [1.54, 1.807) is 119 Å². The molecule has 48 heteroatoms. The second kappa shape index (κ2) is 51.1. The number of carbonyl (C=O) groups excluding carboxylic acids is 18. The Balaban J connectivity index is 1.25. The normalized spacial score (nSPS) is 22.8. The average Bonchev–Trinajstić information content (AvgIpc) is 1.65. The van der Waals surface area contributed by atoms with E-state index in [1.807, 2.05) is 0 Å². The Labute approximate surface area is 795 Å². The molecule has 3 aromatic carbocycles. The lowest BCUT2D eigenvalue weighted by Crippen LogP contribution is -2.61. The maximum atomic E-state index is 15.7. The summed E-state index contributed by atoms with van der Waals surface area (Å²) >= 11 is 8.97. The van der Waals surface area contributed by atoms with Gasteiger partial charge in [-0.1, -0.05) is 74.8 Å². The monoisotopic (exact) mass is 1960 g/mol. The predicted octanol–water partition coefficient (Wildman–Crippen LogP) is -2.48. The van der Waals surface area contributed by atoms with E-state index in [2.05, 4.69) is 69.1 Å². The topological polar surface area (TPSA) is 626 Å². The number of hydrogen-bond donors (Lipinski definition) is 18. The third-order valence-electron chi connectivity index (χ3n) is 22.0. The van der Waals surface area contributed by atoms with Gasteiger partial charge >= 0.3 is 5.97 Å². The Kier molecular flexibility index (Phi) is 40.7. The number of nitrogens with one attached hydrogen (secondary N) is 14. The number of para-hydroxylation sites is 2. The Bertz CT molecular complexity index is 5250. The van der Waals surface area contributed by atoms with Crippen LogP contribution in [0, 0.1) is 16.6 Å². The molecule has 0 radical (unpaired) electrons. The molecule has 11 atom stereocenters. The summed E-state index contributed by atoms with van der Waals surface area (Å²) in [4.78, 5) is 278. The molecule has 3 aliphatic heterocycles. The maximum Gasteiger partial charge on any atom is 0.305 e. The maximum absolute atomic E-state index is 15.7. The van der Waals surface area contributed by atoms with Crippen LogP contribution in [0.5, 0.6) is 0 Å². The van der Waals surface area contributed by atoms with Crippen LogP contribution in [0.4, 0.5) is 4.39 Å². The lowest BCUT2D eigenvalue weighted by molar-refractivity contribution is -0.158. The molecule has 18 amide bonds. The Morgan fingerprint density at radius 3 is 1.47 bits per heavy atom. The number of rotatable bonds is 21. The minimum atomic E-state index is -2.20. The van der Waals surface area contributed by atoms with Gasteiger partial charge in [0.25, 0.3) is 0 Å². The highest BCUT2D eigenvalue weighted by molar-refractivity contribution is 7.99. The number of halogens is 2. The molecule has 2 aromatic heterocycles. The number of thioether (sulfide) groups is 3. The number of aryl methyl sites for hydroxylation is 2.